The number of hydrogen-bond donors (Lipinski definition) is 1. The minimum absolute atomic E-state index is 0.000718. The van der Waals surface area contributed by atoms with E-state index in [2.05, 4.69) is 5.32 Å². The predicted octanol–water partition coefficient (Wildman–Crippen LogP) is 3.10. The van der Waals surface area contributed by atoms with Crippen molar-refractivity contribution in [3.05, 3.63) is 70.8 Å². The second kappa shape index (κ2) is 12.3. The Morgan fingerprint density at radius 2 is 1.12 bits per heavy atom. The van der Waals surface area contributed by atoms with E-state index in [0.29, 0.717) is 35.1 Å². The second-order valence-corrected chi connectivity index (χ2v) is 10.9. The maximum atomic E-state index is 13.1. The van der Waals surface area contributed by atoms with Crippen LogP contribution in [0.15, 0.2) is 48.5 Å². The molecule has 11 heteroatoms. The topological polar surface area (TPSA) is 133 Å². The van der Waals surface area contributed by atoms with Gasteiger partial charge in [-0.15, -0.1) is 0 Å². The summed E-state index contributed by atoms with van der Waals surface area (Å²) in [5.74, 6) is -1.72. The summed E-state index contributed by atoms with van der Waals surface area (Å²) < 4.78 is 5.20. The van der Waals surface area contributed by atoms with Crippen molar-refractivity contribution < 1.29 is 33.5 Å². The molecule has 1 N–H and O–H groups in total. The highest BCUT2D eigenvalue weighted by Gasteiger charge is 2.36. The van der Waals surface area contributed by atoms with E-state index in [4.69, 9.17) is 4.74 Å². The van der Waals surface area contributed by atoms with Crippen LogP contribution < -0.4 is 5.32 Å². The van der Waals surface area contributed by atoms with Gasteiger partial charge in [-0.1, -0.05) is 24.3 Å². The first kappa shape index (κ1) is 29.4. The van der Waals surface area contributed by atoms with Gasteiger partial charge in [-0.3, -0.25) is 33.8 Å². The van der Waals surface area contributed by atoms with Crippen molar-refractivity contribution in [3.63, 3.8) is 0 Å². The van der Waals surface area contributed by atoms with Crippen LogP contribution in [-0.2, 0) is 9.53 Å². The van der Waals surface area contributed by atoms with Gasteiger partial charge in [-0.25, -0.2) is 4.79 Å². The maximum absolute atomic E-state index is 13.1. The molecule has 41 heavy (non-hydrogen) atoms. The van der Waals surface area contributed by atoms with Gasteiger partial charge in [0.25, 0.3) is 23.6 Å². The van der Waals surface area contributed by atoms with Crippen molar-refractivity contribution >= 4 is 35.6 Å². The van der Waals surface area contributed by atoms with Gasteiger partial charge >= 0.3 is 6.09 Å². The first-order valence-electron chi connectivity index (χ1n) is 13.6. The van der Waals surface area contributed by atoms with Crippen LogP contribution in [0.3, 0.4) is 0 Å². The van der Waals surface area contributed by atoms with Gasteiger partial charge in [0.1, 0.15) is 5.60 Å². The van der Waals surface area contributed by atoms with Crippen LogP contribution in [0.5, 0.6) is 0 Å². The number of ether oxygens (including phenoxy) is 1. The van der Waals surface area contributed by atoms with Crippen molar-refractivity contribution in [2.24, 2.45) is 0 Å². The lowest BCUT2D eigenvalue weighted by atomic mass is 10.1. The molecule has 6 amide bonds. The molecule has 0 spiro atoms. The molecular formula is C30H34N4O7. The van der Waals surface area contributed by atoms with Crippen molar-refractivity contribution in [2.75, 3.05) is 32.7 Å². The Bertz CT molecular complexity index is 1230. The van der Waals surface area contributed by atoms with Crippen LogP contribution in [0.1, 0.15) is 81.5 Å². The minimum atomic E-state index is -0.672. The van der Waals surface area contributed by atoms with Crippen LogP contribution in [0.25, 0.3) is 0 Å². The quantitative estimate of drug-likeness (QED) is 0.416. The maximum Gasteiger partial charge on any atom is 0.407 e. The fraction of sp³-hybridized carbons (Fsp3) is 0.400. The fourth-order valence-corrected chi connectivity index (χ4v) is 4.83. The number of alkyl carbamates (subject to hydrolysis) is 1. The van der Waals surface area contributed by atoms with E-state index >= 15 is 0 Å². The Morgan fingerprint density at radius 3 is 1.49 bits per heavy atom. The number of amides is 6. The van der Waals surface area contributed by atoms with E-state index < -0.39 is 11.7 Å². The first-order valence-corrected chi connectivity index (χ1v) is 13.6. The molecule has 0 saturated heterocycles. The van der Waals surface area contributed by atoms with Crippen molar-refractivity contribution in [1.29, 1.82) is 0 Å². The van der Waals surface area contributed by atoms with E-state index in [0.717, 1.165) is 0 Å². The monoisotopic (exact) mass is 562 g/mol. The molecule has 2 heterocycles. The molecule has 2 aliphatic heterocycles. The lowest BCUT2D eigenvalue weighted by molar-refractivity contribution is -0.131. The van der Waals surface area contributed by atoms with E-state index in [1.54, 1.807) is 74.2 Å². The number of nitrogens with one attached hydrogen (secondary N) is 1. The normalized spacial score (nSPS) is 14.3. The zero-order valence-corrected chi connectivity index (χ0v) is 23.5. The molecule has 0 aliphatic carbocycles. The molecule has 0 radical (unpaired) electrons. The Hall–Kier alpha value is -4.54. The average Bonchev–Trinajstić information content (AvgIpc) is 3.31. The van der Waals surface area contributed by atoms with Crippen molar-refractivity contribution in [2.45, 2.75) is 45.6 Å². The van der Waals surface area contributed by atoms with Gasteiger partial charge in [0.05, 0.1) is 22.3 Å². The summed E-state index contributed by atoms with van der Waals surface area (Å²) in [6, 6.07) is 13.3. The molecule has 0 unspecified atom stereocenters. The molecule has 2 aromatic carbocycles. The van der Waals surface area contributed by atoms with Crippen molar-refractivity contribution in [1.82, 2.24) is 20.0 Å². The number of hydrogen-bond acceptors (Lipinski definition) is 7. The van der Waals surface area contributed by atoms with Crippen LogP contribution in [0, 0.1) is 0 Å². The number of carbonyl (C=O) groups is 6. The highest BCUT2D eigenvalue weighted by molar-refractivity contribution is 6.22. The molecule has 11 nitrogen and oxygen atoms in total. The first-order chi connectivity index (χ1) is 19.5. The zero-order chi connectivity index (χ0) is 29.7. The van der Waals surface area contributed by atoms with Crippen LogP contribution in [-0.4, -0.2) is 88.7 Å². The smallest absolute Gasteiger partial charge is 0.407 e. The van der Waals surface area contributed by atoms with Gasteiger partial charge in [0, 0.05) is 39.1 Å². The third-order valence-electron chi connectivity index (χ3n) is 6.74. The summed E-state index contributed by atoms with van der Waals surface area (Å²) in [6.07, 6.45) is 0.0419. The number of imide groups is 2. The van der Waals surface area contributed by atoms with Crippen LogP contribution in [0.2, 0.25) is 0 Å². The summed E-state index contributed by atoms with van der Waals surface area (Å²) in [5.41, 5.74) is 0.771. The average molecular weight is 563 g/mol. The Balaban J connectivity index is 1.34. The number of nitrogens with zero attached hydrogens (tertiary/aromatic N) is 3. The zero-order valence-electron chi connectivity index (χ0n) is 23.5. The second-order valence-electron chi connectivity index (χ2n) is 10.9. The number of benzene rings is 2. The predicted molar refractivity (Wildman–Crippen MR) is 148 cm³/mol. The molecule has 4 rings (SSSR count). The van der Waals surface area contributed by atoms with Crippen LogP contribution >= 0.6 is 0 Å². The lowest BCUT2D eigenvalue weighted by Gasteiger charge is -2.25. The molecule has 2 aliphatic rings. The van der Waals surface area contributed by atoms with E-state index in [9.17, 15) is 28.8 Å². The Labute approximate surface area is 238 Å². The summed E-state index contributed by atoms with van der Waals surface area (Å²) in [4.78, 5) is 79.8. The van der Waals surface area contributed by atoms with E-state index in [1.807, 2.05) is 0 Å². The van der Waals surface area contributed by atoms with E-state index in [-0.39, 0.29) is 68.7 Å². The molecule has 0 saturated carbocycles. The van der Waals surface area contributed by atoms with Gasteiger partial charge in [0.15, 0.2) is 0 Å². The third kappa shape index (κ3) is 6.79. The third-order valence-corrected chi connectivity index (χ3v) is 6.74. The lowest BCUT2D eigenvalue weighted by Crippen LogP contribution is -2.40. The van der Waals surface area contributed by atoms with E-state index in [1.165, 1.54) is 9.80 Å². The highest BCUT2D eigenvalue weighted by atomic mass is 16.6. The summed E-state index contributed by atoms with van der Waals surface area (Å²) >= 11 is 0. The molecule has 0 fully saturated rings. The highest BCUT2D eigenvalue weighted by Crippen LogP contribution is 2.24. The van der Waals surface area contributed by atoms with Crippen molar-refractivity contribution in [3.8, 4) is 0 Å². The minimum Gasteiger partial charge on any atom is -0.444 e. The molecule has 0 atom stereocenters. The standard InChI is InChI=1S/C30H34N4O7/c1-30(2,3)41-29(40)31-15-14-24(35)32(16-8-18-33-25(36)20-10-4-5-11-21(20)26(33)37)17-9-19-34-27(38)22-12-6-7-13-23(22)28(34)39/h4-7,10-13H,8-9,14-19H2,1-3H3,(H,31,40). The van der Waals surface area contributed by atoms with Gasteiger partial charge in [-0.2, -0.15) is 0 Å². The molecule has 2 aromatic rings. The molecule has 216 valence electrons. The SMILES string of the molecule is CC(C)(C)OC(=O)NCCC(=O)N(CCCN1C(=O)c2ccccc2C1=O)CCCN1C(=O)c2ccccc2C1=O. The molecule has 0 bridgehead atoms. The fourth-order valence-electron chi connectivity index (χ4n) is 4.83. The number of fused-ring (bicyclic) bond motifs is 2. The Morgan fingerprint density at radius 1 is 0.732 bits per heavy atom. The molecular weight excluding hydrogens is 528 g/mol. The largest absolute Gasteiger partial charge is 0.444 e. The molecule has 0 aromatic heterocycles. The van der Waals surface area contributed by atoms with Gasteiger partial charge < -0.3 is 15.0 Å². The summed E-state index contributed by atoms with van der Waals surface area (Å²) in [7, 11) is 0. The summed E-state index contributed by atoms with van der Waals surface area (Å²) in [5, 5.41) is 2.57. The number of rotatable bonds is 11. The van der Waals surface area contributed by atoms with Gasteiger partial charge in [-0.05, 0) is 57.9 Å². The van der Waals surface area contributed by atoms with Gasteiger partial charge in [0.2, 0.25) is 5.91 Å². The van der Waals surface area contributed by atoms with Crippen LogP contribution in [0.4, 0.5) is 4.79 Å². The number of carbonyl (C=O) groups excluding carboxylic acids is 6. The summed E-state index contributed by atoms with van der Waals surface area (Å²) in [6.45, 7) is 6.00. The Kier molecular flexibility index (Phi) is 8.85.